The van der Waals surface area contributed by atoms with E-state index in [0.29, 0.717) is 5.56 Å². The summed E-state index contributed by atoms with van der Waals surface area (Å²) in [7, 11) is 0. The number of nitrogens with one attached hydrogen (secondary N) is 2. The lowest BCUT2D eigenvalue weighted by atomic mass is 9.87. The molecule has 3 rings (SSSR count). The summed E-state index contributed by atoms with van der Waals surface area (Å²) in [6.45, 7) is 3.87. The van der Waals surface area contributed by atoms with E-state index in [1.807, 2.05) is 38.1 Å². The second-order valence-corrected chi connectivity index (χ2v) is 7.05. The molecule has 2 N–H and O–H groups in total. The Morgan fingerprint density at radius 1 is 1.14 bits per heavy atom. The van der Waals surface area contributed by atoms with Gasteiger partial charge in [0.05, 0.1) is 5.56 Å². The molecule has 1 amide bonds. The predicted octanol–water partition coefficient (Wildman–Crippen LogP) is 5.62. The van der Waals surface area contributed by atoms with E-state index in [-0.39, 0.29) is 18.4 Å². The highest BCUT2D eigenvalue weighted by atomic mass is 19.4. The lowest BCUT2D eigenvalue weighted by molar-refractivity contribution is -0.137. The smallest absolute Gasteiger partial charge is 0.361 e. The molecule has 2 unspecified atom stereocenters. The quantitative estimate of drug-likeness (QED) is 0.565. The Balaban J connectivity index is 2.03. The molecular weight excluding hydrogens is 365 g/mol. The lowest BCUT2D eigenvalue weighted by Gasteiger charge is -2.20. The van der Waals surface area contributed by atoms with Crippen molar-refractivity contribution >= 4 is 16.8 Å². The SMILES string of the molecule is CCC(C)NC(=O)CC(c1cccc(C(F)(F)F)c1)c1c[nH]c2ccccc12. The molecule has 0 aliphatic rings. The Bertz CT molecular complexity index is 962. The first-order valence-electron chi connectivity index (χ1n) is 9.32. The van der Waals surface area contributed by atoms with Gasteiger partial charge in [-0.15, -0.1) is 0 Å². The standard InChI is InChI=1S/C22H23F3N2O/c1-3-14(2)27-21(28)12-18(15-7-6-8-16(11-15)22(23,24)25)19-13-26-20-10-5-4-9-17(19)20/h4-11,13-14,18,26H,3,12H2,1-2H3,(H,27,28). The minimum atomic E-state index is -4.43. The summed E-state index contributed by atoms with van der Waals surface area (Å²) in [6.07, 6.45) is -1.79. The van der Waals surface area contributed by atoms with Gasteiger partial charge < -0.3 is 10.3 Å². The number of carbonyl (C=O) groups is 1. The van der Waals surface area contributed by atoms with Gasteiger partial charge >= 0.3 is 6.18 Å². The van der Waals surface area contributed by atoms with Crippen LogP contribution in [0.4, 0.5) is 13.2 Å². The van der Waals surface area contributed by atoms with Crippen molar-refractivity contribution in [2.24, 2.45) is 0 Å². The van der Waals surface area contributed by atoms with E-state index < -0.39 is 17.7 Å². The molecular formula is C22H23F3N2O. The van der Waals surface area contributed by atoms with Gasteiger partial charge in [-0.05, 0) is 36.6 Å². The first-order chi connectivity index (χ1) is 13.3. The molecule has 0 bridgehead atoms. The first-order valence-corrected chi connectivity index (χ1v) is 9.32. The third kappa shape index (κ3) is 4.38. The molecule has 0 saturated heterocycles. The maximum Gasteiger partial charge on any atom is 0.416 e. The summed E-state index contributed by atoms with van der Waals surface area (Å²) in [5, 5.41) is 3.82. The van der Waals surface area contributed by atoms with Crippen LogP contribution in [0.5, 0.6) is 0 Å². The molecule has 28 heavy (non-hydrogen) atoms. The first kappa shape index (κ1) is 20.0. The maximum atomic E-state index is 13.2. The molecule has 6 heteroatoms. The Hall–Kier alpha value is -2.76. The van der Waals surface area contributed by atoms with Crippen LogP contribution in [0.1, 0.15) is 49.3 Å². The van der Waals surface area contributed by atoms with Crippen molar-refractivity contribution in [1.29, 1.82) is 0 Å². The number of rotatable bonds is 6. The Labute approximate surface area is 162 Å². The van der Waals surface area contributed by atoms with Crippen molar-refractivity contribution in [1.82, 2.24) is 10.3 Å². The lowest BCUT2D eigenvalue weighted by Crippen LogP contribution is -2.33. The second kappa shape index (κ2) is 8.09. The highest BCUT2D eigenvalue weighted by Crippen LogP contribution is 2.36. The maximum absolute atomic E-state index is 13.2. The third-order valence-electron chi connectivity index (χ3n) is 5.02. The number of fused-ring (bicyclic) bond motifs is 1. The number of hydrogen-bond donors (Lipinski definition) is 2. The highest BCUT2D eigenvalue weighted by molar-refractivity contribution is 5.86. The number of aromatic nitrogens is 1. The molecule has 148 valence electrons. The number of para-hydroxylation sites is 1. The van der Waals surface area contributed by atoms with Crippen LogP contribution < -0.4 is 5.32 Å². The summed E-state index contributed by atoms with van der Waals surface area (Å²) >= 11 is 0. The van der Waals surface area contributed by atoms with E-state index >= 15 is 0 Å². The summed E-state index contributed by atoms with van der Waals surface area (Å²) in [4.78, 5) is 15.7. The highest BCUT2D eigenvalue weighted by Gasteiger charge is 2.31. The van der Waals surface area contributed by atoms with Crippen LogP contribution >= 0.6 is 0 Å². The van der Waals surface area contributed by atoms with E-state index in [9.17, 15) is 18.0 Å². The molecule has 1 aromatic heterocycles. The van der Waals surface area contributed by atoms with Crippen LogP contribution in [0.3, 0.4) is 0 Å². The molecule has 2 atom stereocenters. The molecule has 0 radical (unpaired) electrons. The van der Waals surface area contributed by atoms with E-state index in [4.69, 9.17) is 0 Å². The number of carbonyl (C=O) groups excluding carboxylic acids is 1. The molecule has 0 fully saturated rings. The van der Waals surface area contributed by atoms with Crippen molar-refractivity contribution in [2.75, 3.05) is 0 Å². The average Bonchev–Trinajstić information content (AvgIpc) is 3.09. The minimum absolute atomic E-state index is 0.0117. The number of benzene rings is 2. The van der Waals surface area contributed by atoms with Gasteiger partial charge in [0.2, 0.25) is 5.91 Å². The van der Waals surface area contributed by atoms with Gasteiger partial charge in [0.15, 0.2) is 0 Å². The van der Waals surface area contributed by atoms with Crippen LogP contribution in [0.2, 0.25) is 0 Å². The van der Waals surface area contributed by atoms with Gasteiger partial charge in [-0.1, -0.05) is 43.3 Å². The molecule has 1 heterocycles. The molecule has 0 aliphatic carbocycles. The van der Waals surface area contributed by atoms with E-state index in [2.05, 4.69) is 10.3 Å². The van der Waals surface area contributed by atoms with Crippen LogP contribution in [0, 0.1) is 0 Å². The van der Waals surface area contributed by atoms with Crippen molar-refractivity contribution in [3.63, 3.8) is 0 Å². The number of alkyl halides is 3. The Kier molecular flexibility index (Phi) is 5.77. The topological polar surface area (TPSA) is 44.9 Å². The number of H-pyrrole nitrogens is 1. The van der Waals surface area contributed by atoms with Gasteiger partial charge in [0, 0.05) is 35.5 Å². The van der Waals surface area contributed by atoms with Gasteiger partial charge in [0.25, 0.3) is 0 Å². The molecule has 0 spiro atoms. The molecule has 0 aliphatic heterocycles. The number of halogens is 3. The number of amides is 1. The van der Waals surface area contributed by atoms with Crippen LogP contribution in [-0.4, -0.2) is 16.9 Å². The fourth-order valence-electron chi connectivity index (χ4n) is 3.34. The van der Waals surface area contributed by atoms with E-state index in [0.717, 1.165) is 35.0 Å². The predicted molar refractivity (Wildman–Crippen MR) is 104 cm³/mol. The normalized spacial score (nSPS) is 14.0. The molecule has 0 saturated carbocycles. The van der Waals surface area contributed by atoms with E-state index in [1.54, 1.807) is 12.3 Å². The summed E-state index contributed by atoms with van der Waals surface area (Å²) in [6, 6.07) is 12.8. The minimum Gasteiger partial charge on any atom is -0.361 e. The van der Waals surface area contributed by atoms with Crippen LogP contribution in [0.15, 0.2) is 54.7 Å². The van der Waals surface area contributed by atoms with E-state index in [1.165, 1.54) is 6.07 Å². The van der Waals surface area contributed by atoms with Crippen molar-refractivity contribution < 1.29 is 18.0 Å². The molecule has 3 aromatic rings. The fraction of sp³-hybridized carbons (Fsp3) is 0.318. The Morgan fingerprint density at radius 3 is 2.61 bits per heavy atom. The van der Waals surface area contributed by atoms with Crippen molar-refractivity contribution in [2.45, 2.75) is 44.8 Å². The van der Waals surface area contributed by atoms with Gasteiger partial charge in [-0.3, -0.25) is 4.79 Å². The summed E-state index contributed by atoms with van der Waals surface area (Å²) in [5.41, 5.74) is 1.46. The van der Waals surface area contributed by atoms with Crippen molar-refractivity contribution in [3.05, 3.63) is 71.4 Å². The largest absolute Gasteiger partial charge is 0.416 e. The zero-order valence-corrected chi connectivity index (χ0v) is 15.8. The molecule has 3 nitrogen and oxygen atoms in total. The second-order valence-electron chi connectivity index (χ2n) is 7.05. The van der Waals surface area contributed by atoms with Crippen molar-refractivity contribution in [3.8, 4) is 0 Å². The van der Waals surface area contributed by atoms with Gasteiger partial charge in [-0.2, -0.15) is 13.2 Å². The molecule has 2 aromatic carbocycles. The average molecular weight is 388 g/mol. The zero-order valence-electron chi connectivity index (χ0n) is 15.8. The van der Waals surface area contributed by atoms with Crippen LogP contribution in [0.25, 0.3) is 10.9 Å². The number of aromatic amines is 1. The monoisotopic (exact) mass is 388 g/mol. The van der Waals surface area contributed by atoms with Gasteiger partial charge in [0.1, 0.15) is 0 Å². The number of hydrogen-bond acceptors (Lipinski definition) is 1. The third-order valence-corrected chi connectivity index (χ3v) is 5.02. The van der Waals surface area contributed by atoms with Crippen LogP contribution in [-0.2, 0) is 11.0 Å². The summed E-state index contributed by atoms with van der Waals surface area (Å²) < 4.78 is 39.7. The fourth-order valence-corrected chi connectivity index (χ4v) is 3.34. The van der Waals surface area contributed by atoms with Gasteiger partial charge in [-0.25, -0.2) is 0 Å². The zero-order chi connectivity index (χ0) is 20.3. The Morgan fingerprint density at radius 2 is 1.89 bits per heavy atom. The summed E-state index contributed by atoms with van der Waals surface area (Å²) in [5.74, 6) is -0.662.